The Morgan fingerprint density at radius 3 is 2.61 bits per heavy atom. The van der Waals surface area contributed by atoms with Crippen molar-refractivity contribution in [2.24, 2.45) is 0 Å². The van der Waals surface area contributed by atoms with Crippen molar-refractivity contribution in [2.75, 3.05) is 0 Å². The number of phenols is 1. The van der Waals surface area contributed by atoms with Crippen LogP contribution in [-0.2, 0) is 0 Å². The summed E-state index contributed by atoms with van der Waals surface area (Å²) in [5.74, 6) is -1.05. The topological polar surface area (TPSA) is 54.4 Å². The Kier molecular flexibility index (Phi) is 2.25. The van der Waals surface area contributed by atoms with Gasteiger partial charge in [-0.15, -0.1) is 0 Å². The molecule has 1 aliphatic carbocycles. The molecule has 1 N–H and O–H groups in total. The van der Waals surface area contributed by atoms with Gasteiger partial charge in [-0.05, 0) is 11.5 Å². The molecule has 0 saturated carbocycles. The fourth-order valence-corrected chi connectivity index (χ4v) is 2.34. The third-order valence-electron chi connectivity index (χ3n) is 2.99. The lowest BCUT2D eigenvalue weighted by molar-refractivity contribution is 0.0988. The third-order valence-corrected chi connectivity index (χ3v) is 3.27. The Bertz CT molecular complexity index is 744. The fourth-order valence-electron chi connectivity index (χ4n) is 2.14. The van der Waals surface area contributed by atoms with Crippen molar-refractivity contribution in [3.63, 3.8) is 0 Å². The number of allylic oxidation sites excluding steroid dienone is 2. The number of fused-ring (bicyclic) bond motifs is 2. The first-order chi connectivity index (χ1) is 8.59. The zero-order chi connectivity index (χ0) is 12.9. The third kappa shape index (κ3) is 1.38. The highest BCUT2D eigenvalue weighted by molar-refractivity contribution is 6.49. The molecule has 0 unspecified atom stereocenters. The van der Waals surface area contributed by atoms with E-state index in [0.29, 0.717) is 10.8 Å². The first-order valence-electron chi connectivity index (χ1n) is 5.30. The molecule has 0 atom stereocenters. The van der Waals surface area contributed by atoms with E-state index in [2.05, 4.69) is 0 Å². The van der Waals surface area contributed by atoms with Crippen LogP contribution in [0.2, 0.25) is 0 Å². The molecule has 0 spiro atoms. The van der Waals surface area contributed by atoms with Gasteiger partial charge in [0, 0.05) is 17.0 Å². The van der Waals surface area contributed by atoms with Crippen LogP contribution in [0.25, 0.3) is 10.8 Å². The molecule has 0 aliphatic heterocycles. The van der Waals surface area contributed by atoms with Crippen LogP contribution in [0.5, 0.6) is 5.75 Å². The Hall–Kier alpha value is -2.13. The summed E-state index contributed by atoms with van der Waals surface area (Å²) in [4.78, 5) is 23.7. The first-order valence-corrected chi connectivity index (χ1v) is 5.68. The molecule has 0 radical (unpaired) electrons. The van der Waals surface area contributed by atoms with Crippen LogP contribution in [0, 0.1) is 0 Å². The van der Waals surface area contributed by atoms with Crippen LogP contribution in [0.1, 0.15) is 20.7 Å². The minimum absolute atomic E-state index is 0.0306. The zero-order valence-corrected chi connectivity index (χ0v) is 9.86. The number of carbonyl (C=O) groups is 2. The van der Waals surface area contributed by atoms with E-state index in [-0.39, 0.29) is 21.9 Å². The van der Waals surface area contributed by atoms with E-state index in [1.165, 1.54) is 0 Å². The number of ketones is 2. The van der Waals surface area contributed by atoms with Gasteiger partial charge >= 0.3 is 0 Å². The fraction of sp³-hybridized carbons (Fsp3) is 0. The largest absolute Gasteiger partial charge is 0.507 e. The first kappa shape index (κ1) is 11.0. The molecule has 88 valence electrons. The monoisotopic (exact) mass is 258 g/mol. The Balaban J connectivity index is 2.46. The van der Waals surface area contributed by atoms with Gasteiger partial charge in [0.15, 0.2) is 5.78 Å². The van der Waals surface area contributed by atoms with Crippen LogP contribution in [0.15, 0.2) is 41.4 Å². The molecule has 0 saturated heterocycles. The molecule has 0 fully saturated rings. The SMILES string of the molecule is O=C1C(Cl)=CC(=O)c2c1cc1ccccc1c2O. The highest BCUT2D eigenvalue weighted by Crippen LogP contribution is 2.36. The number of aromatic hydroxyl groups is 1. The number of carbonyl (C=O) groups excluding carboxylic acids is 2. The van der Waals surface area contributed by atoms with Crippen molar-refractivity contribution in [3.8, 4) is 5.75 Å². The standard InChI is InChI=1S/C14H7ClO3/c15-10-6-11(16)12-9(13(10)17)5-7-3-1-2-4-8(7)14(12)18/h1-6,18H. The summed E-state index contributed by atoms with van der Waals surface area (Å²) >= 11 is 5.70. The minimum atomic E-state index is -0.446. The molecule has 3 rings (SSSR count). The number of Topliss-reactive ketones (excluding diaryl/α,β-unsaturated/α-hetero) is 1. The van der Waals surface area contributed by atoms with Gasteiger partial charge in [0.25, 0.3) is 0 Å². The van der Waals surface area contributed by atoms with Gasteiger partial charge in [-0.25, -0.2) is 0 Å². The summed E-state index contributed by atoms with van der Waals surface area (Å²) in [6.45, 7) is 0. The molecule has 1 aliphatic rings. The molecule has 2 aromatic carbocycles. The van der Waals surface area contributed by atoms with Crippen molar-refractivity contribution in [1.82, 2.24) is 0 Å². The maximum Gasteiger partial charge on any atom is 0.205 e. The molecule has 0 heterocycles. The van der Waals surface area contributed by atoms with E-state index < -0.39 is 11.6 Å². The summed E-state index contributed by atoms with van der Waals surface area (Å²) in [7, 11) is 0. The van der Waals surface area contributed by atoms with Gasteiger partial charge in [-0.1, -0.05) is 35.9 Å². The summed E-state index contributed by atoms with van der Waals surface area (Å²) in [5.41, 5.74) is 0.187. The van der Waals surface area contributed by atoms with Crippen molar-refractivity contribution in [1.29, 1.82) is 0 Å². The summed E-state index contributed by atoms with van der Waals surface area (Å²) in [5, 5.41) is 11.2. The lowest BCUT2D eigenvalue weighted by Gasteiger charge is -2.14. The van der Waals surface area contributed by atoms with E-state index in [1.54, 1.807) is 30.3 Å². The molecule has 2 aromatic rings. The van der Waals surface area contributed by atoms with E-state index in [9.17, 15) is 14.7 Å². The van der Waals surface area contributed by atoms with Crippen molar-refractivity contribution in [2.45, 2.75) is 0 Å². The van der Waals surface area contributed by atoms with Crippen LogP contribution in [0.3, 0.4) is 0 Å². The maximum atomic E-state index is 11.9. The van der Waals surface area contributed by atoms with Crippen molar-refractivity contribution < 1.29 is 14.7 Å². The number of phenolic OH excluding ortho intramolecular Hbond substituents is 1. The molecular weight excluding hydrogens is 252 g/mol. The zero-order valence-electron chi connectivity index (χ0n) is 9.11. The van der Waals surface area contributed by atoms with Gasteiger partial charge in [0.05, 0.1) is 10.6 Å². The van der Waals surface area contributed by atoms with E-state index in [1.807, 2.05) is 0 Å². The van der Waals surface area contributed by atoms with Gasteiger partial charge in [0.1, 0.15) is 5.75 Å². The molecule has 18 heavy (non-hydrogen) atoms. The Labute approximate surface area is 107 Å². The normalized spacial score (nSPS) is 14.6. The van der Waals surface area contributed by atoms with Gasteiger partial charge in [-0.3, -0.25) is 9.59 Å². The van der Waals surface area contributed by atoms with Gasteiger partial charge in [-0.2, -0.15) is 0 Å². The molecule has 0 bridgehead atoms. The average Bonchev–Trinajstić information content (AvgIpc) is 2.36. The second-order valence-electron chi connectivity index (χ2n) is 4.05. The van der Waals surface area contributed by atoms with E-state index in [0.717, 1.165) is 6.08 Å². The van der Waals surface area contributed by atoms with E-state index >= 15 is 0 Å². The highest BCUT2D eigenvalue weighted by Gasteiger charge is 2.28. The second kappa shape index (κ2) is 3.68. The summed E-state index contributed by atoms with van der Waals surface area (Å²) in [6.07, 6.45) is 1.04. The van der Waals surface area contributed by atoms with Crippen LogP contribution in [0.4, 0.5) is 0 Å². The lowest BCUT2D eigenvalue weighted by Crippen LogP contribution is -2.14. The molecule has 0 amide bonds. The van der Waals surface area contributed by atoms with Crippen LogP contribution < -0.4 is 0 Å². The van der Waals surface area contributed by atoms with Crippen molar-refractivity contribution in [3.05, 3.63) is 52.6 Å². The summed E-state index contributed by atoms with van der Waals surface area (Å²) in [6, 6.07) is 8.59. The predicted molar refractivity (Wildman–Crippen MR) is 68.2 cm³/mol. The minimum Gasteiger partial charge on any atom is -0.507 e. The van der Waals surface area contributed by atoms with Crippen LogP contribution >= 0.6 is 11.6 Å². The smallest absolute Gasteiger partial charge is 0.205 e. The highest BCUT2D eigenvalue weighted by atomic mass is 35.5. The quantitative estimate of drug-likeness (QED) is 0.790. The lowest BCUT2D eigenvalue weighted by atomic mass is 9.90. The number of benzene rings is 2. The average molecular weight is 259 g/mol. The number of hydrogen-bond acceptors (Lipinski definition) is 3. The van der Waals surface area contributed by atoms with Crippen LogP contribution in [-0.4, -0.2) is 16.7 Å². The Morgan fingerprint density at radius 2 is 1.83 bits per heavy atom. The Morgan fingerprint density at radius 1 is 1.11 bits per heavy atom. The number of halogens is 1. The number of rotatable bonds is 0. The molecular formula is C14H7ClO3. The maximum absolute atomic E-state index is 11.9. The molecule has 4 heteroatoms. The predicted octanol–water partition coefficient (Wildman–Crippen LogP) is 3.05. The second-order valence-corrected chi connectivity index (χ2v) is 4.46. The number of hydrogen-bond donors (Lipinski definition) is 1. The van der Waals surface area contributed by atoms with Gasteiger partial charge < -0.3 is 5.11 Å². The van der Waals surface area contributed by atoms with Crippen molar-refractivity contribution >= 4 is 33.9 Å². The van der Waals surface area contributed by atoms with Gasteiger partial charge in [0.2, 0.25) is 5.78 Å². The summed E-state index contributed by atoms with van der Waals surface area (Å²) < 4.78 is 0. The molecule has 0 aromatic heterocycles. The van der Waals surface area contributed by atoms with E-state index in [4.69, 9.17) is 11.6 Å². The molecule has 3 nitrogen and oxygen atoms in total.